The molecule has 1 fully saturated rings. The molecule has 0 spiro atoms. The fourth-order valence-electron chi connectivity index (χ4n) is 4.33. The fourth-order valence-corrected chi connectivity index (χ4v) is 5.34. The van der Waals surface area contributed by atoms with E-state index in [9.17, 15) is 4.79 Å². The number of aromatic nitrogens is 1. The number of rotatable bonds is 8. The number of nitrogens with one attached hydrogen (secondary N) is 1. The Balaban J connectivity index is 1.25. The second-order valence-corrected chi connectivity index (χ2v) is 9.84. The van der Waals surface area contributed by atoms with Crippen LogP contribution in [0, 0.1) is 0 Å². The molecule has 4 aromatic rings. The summed E-state index contributed by atoms with van der Waals surface area (Å²) in [6.45, 7) is 3.17. The van der Waals surface area contributed by atoms with Crippen LogP contribution < -0.4 is 10.1 Å². The molecule has 0 saturated carbocycles. The Hall–Kier alpha value is -3.48. The second kappa shape index (κ2) is 11.3. The number of carbonyl (C=O) groups excluding carboxylic acids is 1. The number of thiophene rings is 1. The van der Waals surface area contributed by atoms with Gasteiger partial charge in [-0.05, 0) is 42.2 Å². The van der Waals surface area contributed by atoms with E-state index in [4.69, 9.17) is 4.74 Å². The lowest BCUT2D eigenvalue weighted by Gasteiger charge is -2.32. The summed E-state index contributed by atoms with van der Waals surface area (Å²) in [5, 5.41) is 3.27. The van der Waals surface area contributed by atoms with E-state index >= 15 is 0 Å². The zero-order valence-electron chi connectivity index (χ0n) is 19.6. The van der Waals surface area contributed by atoms with Gasteiger partial charge in [0.1, 0.15) is 17.2 Å². The molecule has 1 aliphatic heterocycles. The molecule has 178 valence electrons. The summed E-state index contributed by atoms with van der Waals surface area (Å²) in [6.07, 6.45) is 3.69. The highest BCUT2D eigenvalue weighted by Gasteiger charge is 2.25. The van der Waals surface area contributed by atoms with Crippen LogP contribution in [0.15, 0.2) is 91.1 Å². The number of hydrogen-bond acceptors (Lipinski definition) is 5. The summed E-state index contributed by atoms with van der Waals surface area (Å²) >= 11 is 1.49. The minimum Gasteiger partial charge on any atom is -0.487 e. The van der Waals surface area contributed by atoms with Crippen molar-refractivity contribution >= 4 is 17.2 Å². The van der Waals surface area contributed by atoms with Gasteiger partial charge in [0.25, 0.3) is 5.91 Å². The minimum absolute atomic E-state index is 0.0524. The molecule has 0 unspecified atom stereocenters. The van der Waals surface area contributed by atoms with Crippen molar-refractivity contribution in [3.8, 4) is 16.2 Å². The highest BCUT2D eigenvalue weighted by atomic mass is 32.1. The molecule has 5 nitrogen and oxygen atoms in total. The van der Waals surface area contributed by atoms with Crippen LogP contribution in [0.5, 0.6) is 5.75 Å². The van der Waals surface area contributed by atoms with Crippen LogP contribution in [0.4, 0.5) is 0 Å². The first-order chi connectivity index (χ1) is 17.2. The molecule has 0 aliphatic carbocycles. The molecule has 5 rings (SSSR count). The van der Waals surface area contributed by atoms with Crippen LogP contribution in [-0.4, -0.2) is 34.9 Å². The molecule has 0 bridgehead atoms. The van der Waals surface area contributed by atoms with Crippen molar-refractivity contribution < 1.29 is 9.53 Å². The first-order valence-electron chi connectivity index (χ1n) is 12.0. The Morgan fingerprint density at radius 2 is 1.69 bits per heavy atom. The lowest BCUT2D eigenvalue weighted by molar-refractivity contribution is 0.0908. The van der Waals surface area contributed by atoms with Crippen molar-refractivity contribution in [1.29, 1.82) is 0 Å². The molecule has 1 N–H and O–H groups in total. The van der Waals surface area contributed by atoms with Crippen molar-refractivity contribution in [3.63, 3.8) is 0 Å². The Morgan fingerprint density at radius 1 is 0.971 bits per heavy atom. The molecule has 1 saturated heterocycles. The summed E-state index contributed by atoms with van der Waals surface area (Å²) in [4.78, 5) is 21.9. The van der Waals surface area contributed by atoms with E-state index in [0.717, 1.165) is 54.2 Å². The van der Waals surface area contributed by atoms with Crippen molar-refractivity contribution in [2.75, 3.05) is 13.1 Å². The molecular formula is C29H29N3O2S. The zero-order valence-corrected chi connectivity index (χ0v) is 20.4. The van der Waals surface area contributed by atoms with Crippen LogP contribution in [0.2, 0.25) is 0 Å². The molecule has 35 heavy (non-hydrogen) atoms. The highest BCUT2D eigenvalue weighted by Crippen LogP contribution is 2.37. The van der Waals surface area contributed by atoms with Gasteiger partial charge in [-0.3, -0.25) is 14.7 Å². The van der Waals surface area contributed by atoms with E-state index in [1.54, 1.807) is 0 Å². The number of likely N-dealkylation sites (tertiary alicyclic amines) is 1. The lowest BCUT2D eigenvalue weighted by atomic mass is 10.0. The molecule has 0 radical (unpaired) electrons. The van der Waals surface area contributed by atoms with Crippen molar-refractivity contribution in [2.24, 2.45) is 0 Å². The summed E-state index contributed by atoms with van der Waals surface area (Å²) in [5.41, 5.74) is 3.25. The van der Waals surface area contributed by atoms with Gasteiger partial charge in [-0.1, -0.05) is 66.7 Å². The third kappa shape index (κ3) is 6.15. The average Bonchev–Trinajstić information content (AvgIpc) is 3.35. The van der Waals surface area contributed by atoms with Crippen LogP contribution in [0.25, 0.3) is 10.4 Å². The van der Waals surface area contributed by atoms with Gasteiger partial charge in [0.05, 0.1) is 5.69 Å². The average molecular weight is 484 g/mol. The maximum atomic E-state index is 13.4. The van der Waals surface area contributed by atoms with E-state index in [0.29, 0.717) is 17.2 Å². The number of benzene rings is 2. The molecule has 1 aliphatic rings. The minimum atomic E-state index is -0.0524. The fraction of sp³-hybridized carbons (Fsp3) is 0.241. The number of carbonyl (C=O) groups is 1. The summed E-state index contributed by atoms with van der Waals surface area (Å²) in [7, 11) is 0. The molecule has 3 heterocycles. The zero-order chi connectivity index (χ0) is 23.9. The van der Waals surface area contributed by atoms with Crippen molar-refractivity contribution in [2.45, 2.75) is 32.0 Å². The van der Waals surface area contributed by atoms with Crippen molar-refractivity contribution in [1.82, 2.24) is 15.2 Å². The molecule has 6 heteroatoms. The molecule has 2 aromatic heterocycles. The van der Waals surface area contributed by atoms with E-state index in [2.05, 4.69) is 33.4 Å². The van der Waals surface area contributed by atoms with Gasteiger partial charge < -0.3 is 10.1 Å². The predicted molar refractivity (Wildman–Crippen MR) is 141 cm³/mol. The van der Waals surface area contributed by atoms with E-state index < -0.39 is 0 Å². The smallest absolute Gasteiger partial charge is 0.265 e. The predicted octanol–water partition coefficient (Wildman–Crippen LogP) is 5.78. The molecule has 1 amide bonds. The molecule has 2 aromatic carbocycles. The Bertz CT molecular complexity index is 1220. The van der Waals surface area contributed by atoms with Gasteiger partial charge in [0, 0.05) is 36.8 Å². The van der Waals surface area contributed by atoms with E-state index in [1.807, 2.05) is 72.9 Å². The number of pyridine rings is 1. The van der Waals surface area contributed by atoms with E-state index in [-0.39, 0.29) is 11.9 Å². The van der Waals surface area contributed by atoms with Gasteiger partial charge in [-0.25, -0.2) is 0 Å². The summed E-state index contributed by atoms with van der Waals surface area (Å²) < 4.78 is 6.15. The number of hydrogen-bond donors (Lipinski definition) is 1. The third-order valence-corrected chi connectivity index (χ3v) is 7.40. The van der Waals surface area contributed by atoms with Gasteiger partial charge in [0.15, 0.2) is 0 Å². The van der Waals surface area contributed by atoms with Gasteiger partial charge in [-0.2, -0.15) is 0 Å². The van der Waals surface area contributed by atoms with Crippen molar-refractivity contribution in [3.05, 3.63) is 107 Å². The SMILES string of the molecule is O=C(NC1CCN(Cc2ccccn2)CC1)c1sc(-c2ccccc2)cc1OCc1ccccc1. The lowest BCUT2D eigenvalue weighted by Crippen LogP contribution is -2.44. The maximum absolute atomic E-state index is 13.4. The van der Waals surface area contributed by atoms with Crippen LogP contribution in [0.3, 0.4) is 0 Å². The summed E-state index contributed by atoms with van der Waals surface area (Å²) in [5.74, 6) is 0.589. The second-order valence-electron chi connectivity index (χ2n) is 8.79. The largest absolute Gasteiger partial charge is 0.487 e. The summed E-state index contributed by atoms with van der Waals surface area (Å²) in [6, 6.07) is 28.4. The first-order valence-corrected chi connectivity index (χ1v) is 12.9. The normalized spacial score (nSPS) is 14.5. The van der Waals surface area contributed by atoms with Crippen LogP contribution in [-0.2, 0) is 13.2 Å². The van der Waals surface area contributed by atoms with E-state index in [1.165, 1.54) is 11.3 Å². The number of piperidine rings is 1. The van der Waals surface area contributed by atoms with Gasteiger partial charge in [0.2, 0.25) is 0 Å². The highest BCUT2D eigenvalue weighted by molar-refractivity contribution is 7.17. The third-order valence-electron chi connectivity index (χ3n) is 6.23. The topological polar surface area (TPSA) is 54.5 Å². The van der Waals surface area contributed by atoms with Gasteiger partial charge in [-0.15, -0.1) is 11.3 Å². The number of ether oxygens (including phenoxy) is 1. The Kier molecular flexibility index (Phi) is 7.51. The standard InChI is InChI=1S/C29H29N3O2S/c33-29(31-24-14-17-32(18-15-24)20-25-13-7-8-16-30-25)28-26(34-21-22-9-3-1-4-10-22)19-27(35-28)23-11-5-2-6-12-23/h1-13,16,19,24H,14-15,17-18,20-21H2,(H,31,33). The Morgan fingerprint density at radius 3 is 2.40 bits per heavy atom. The number of nitrogens with zero attached hydrogens (tertiary/aromatic N) is 2. The van der Waals surface area contributed by atoms with Crippen LogP contribution in [0.1, 0.15) is 33.8 Å². The monoisotopic (exact) mass is 483 g/mol. The number of amides is 1. The van der Waals surface area contributed by atoms with Crippen LogP contribution >= 0.6 is 11.3 Å². The first kappa shape index (κ1) is 23.3. The Labute approximate surface area is 210 Å². The maximum Gasteiger partial charge on any atom is 0.265 e. The quantitative estimate of drug-likeness (QED) is 0.345. The molecule has 0 atom stereocenters. The van der Waals surface area contributed by atoms with Gasteiger partial charge >= 0.3 is 0 Å². The molecular weight excluding hydrogens is 454 g/mol.